The molecule has 1 atom stereocenters. The lowest BCUT2D eigenvalue weighted by Crippen LogP contribution is -2.25. The fourth-order valence-corrected chi connectivity index (χ4v) is 3.57. The van der Waals surface area contributed by atoms with Crippen LogP contribution < -0.4 is 16.2 Å². The second-order valence-corrected chi connectivity index (χ2v) is 8.16. The van der Waals surface area contributed by atoms with Gasteiger partial charge in [0, 0.05) is 12.5 Å². The van der Waals surface area contributed by atoms with E-state index in [9.17, 15) is 27.6 Å². The summed E-state index contributed by atoms with van der Waals surface area (Å²) in [5, 5.41) is 11.8. The molecule has 0 fully saturated rings. The van der Waals surface area contributed by atoms with Crippen LogP contribution >= 0.6 is 11.8 Å². The second kappa shape index (κ2) is 9.86. The van der Waals surface area contributed by atoms with Crippen LogP contribution in [-0.2, 0) is 15.8 Å². The third-order valence-corrected chi connectivity index (χ3v) is 5.29. The zero-order valence-electron chi connectivity index (χ0n) is 17.4. The molecule has 0 saturated carbocycles. The molecule has 0 bridgehead atoms. The molecular weight excluding hydrogens is 459 g/mol. The van der Waals surface area contributed by atoms with Crippen LogP contribution in [0, 0.1) is 0 Å². The fourth-order valence-electron chi connectivity index (χ4n) is 2.83. The van der Waals surface area contributed by atoms with E-state index in [1.807, 2.05) is 0 Å². The Labute approximate surface area is 190 Å². The number of hydrogen-bond acceptors (Lipinski definition) is 6. The Morgan fingerprint density at radius 3 is 2.27 bits per heavy atom. The maximum atomic E-state index is 13.1. The number of para-hydroxylation sites is 2. The monoisotopic (exact) mass is 477 g/mol. The zero-order chi connectivity index (χ0) is 24.2. The lowest BCUT2D eigenvalue weighted by atomic mass is 10.1. The van der Waals surface area contributed by atoms with E-state index < -0.39 is 28.5 Å². The molecule has 33 heavy (non-hydrogen) atoms. The van der Waals surface area contributed by atoms with Gasteiger partial charge in [0.25, 0.3) is 5.56 Å². The van der Waals surface area contributed by atoms with Crippen LogP contribution in [0.25, 0.3) is 11.3 Å². The van der Waals surface area contributed by atoms with E-state index in [1.165, 1.54) is 26.0 Å². The number of thioether (sulfide) groups is 1. The molecule has 8 nitrogen and oxygen atoms in total. The van der Waals surface area contributed by atoms with Gasteiger partial charge in [-0.2, -0.15) is 13.2 Å². The van der Waals surface area contributed by atoms with E-state index in [4.69, 9.17) is 0 Å². The van der Waals surface area contributed by atoms with E-state index in [0.29, 0.717) is 11.3 Å². The number of carbonyl (C=O) groups is 2. The number of anilines is 2. The van der Waals surface area contributed by atoms with Gasteiger partial charge < -0.3 is 10.6 Å². The Morgan fingerprint density at radius 1 is 1.00 bits per heavy atom. The summed E-state index contributed by atoms with van der Waals surface area (Å²) in [6.07, 6.45) is -4.62. The van der Waals surface area contributed by atoms with Crippen LogP contribution in [0.3, 0.4) is 0 Å². The Morgan fingerprint density at radius 2 is 1.64 bits per heavy atom. The Balaban J connectivity index is 1.77. The molecule has 1 aromatic heterocycles. The molecule has 172 valence electrons. The Hall–Kier alpha value is -3.67. The molecule has 2 amide bonds. The number of aromatic nitrogens is 3. The highest BCUT2D eigenvalue weighted by atomic mass is 32.2. The minimum Gasteiger partial charge on any atom is -0.326 e. The van der Waals surface area contributed by atoms with Crippen LogP contribution in [0.1, 0.15) is 19.4 Å². The van der Waals surface area contributed by atoms with Crippen molar-refractivity contribution in [2.75, 3.05) is 10.6 Å². The first-order valence-electron chi connectivity index (χ1n) is 9.54. The number of H-pyrrole nitrogens is 1. The Bertz CT molecular complexity index is 1250. The van der Waals surface area contributed by atoms with Crippen LogP contribution in [0.2, 0.25) is 0 Å². The Kier molecular flexibility index (Phi) is 7.16. The normalized spacial score (nSPS) is 12.2. The molecule has 0 radical (unpaired) electrons. The van der Waals surface area contributed by atoms with Crippen LogP contribution in [0.5, 0.6) is 0 Å². The highest BCUT2D eigenvalue weighted by molar-refractivity contribution is 8.00. The SMILES string of the molecule is CC(=O)Nc1ccccc1-c1nnc(S[C@H](C)C(=O)Nc2ccccc2C(F)(F)F)[nH]c1=O. The largest absolute Gasteiger partial charge is 0.418 e. The topological polar surface area (TPSA) is 117 Å². The first-order chi connectivity index (χ1) is 15.6. The van der Waals surface area contributed by atoms with Gasteiger partial charge >= 0.3 is 6.18 Å². The predicted octanol–water partition coefficient (Wildman–Crippen LogP) is 3.93. The van der Waals surface area contributed by atoms with E-state index in [-0.39, 0.29) is 22.4 Å². The van der Waals surface area contributed by atoms with Gasteiger partial charge in [-0.25, -0.2) is 0 Å². The fraction of sp³-hybridized carbons (Fsp3) is 0.190. The van der Waals surface area contributed by atoms with E-state index in [1.54, 1.807) is 24.3 Å². The van der Waals surface area contributed by atoms with Gasteiger partial charge in [-0.3, -0.25) is 19.4 Å². The second-order valence-electron chi connectivity index (χ2n) is 6.83. The summed E-state index contributed by atoms with van der Waals surface area (Å²) in [5.74, 6) is -1.04. The number of benzene rings is 2. The molecule has 0 aliphatic rings. The van der Waals surface area contributed by atoms with Gasteiger partial charge in [0.1, 0.15) is 0 Å². The van der Waals surface area contributed by atoms with Gasteiger partial charge in [0.15, 0.2) is 10.9 Å². The van der Waals surface area contributed by atoms with Crippen molar-refractivity contribution in [3.05, 3.63) is 64.4 Å². The summed E-state index contributed by atoms with van der Waals surface area (Å²) in [5.41, 5.74) is -1.26. The molecule has 3 aromatic rings. The number of hydrogen-bond donors (Lipinski definition) is 3. The standard InChI is InChI=1S/C21H18F3N5O3S/c1-11(18(31)26-16-10-6-4-8-14(16)21(22,23)24)33-20-27-19(32)17(28-29-20)13-7-3-5-9-15(13)25-12(2)30/h3-11H,1-2H3,(H,25,30)(H,26,31)(H,27,29,32)/t11-/m1/s1. The van der Waals surface area contributed by atoms with Crippen molar-refractivity contribution in [3.8, 4) is 11.3 Å². The third kappa shape index (κ3) is 5.98. The molecule has 0 unspecified atom stereocenters. The minimum atomic E-state index is -4.62. The van der Waals surface area contributed by atoms with Crippen LogP contribution in [-0.4, -0.2) is 32.2 Å². The van der Waals surface area contributed by atoms with Gasteiger partial charge in [-0.15, -0.1) is 10.2 Å². The van der Waals surface area contributed by atoms with Crippen molar-refractivity contribution in [1.82, 2.24) is 15.2 Å². The number of nitrogens with zero attached hydrogens (tertiary/aromatic N) is 2. The average Bonchev–Trinajstić information content (AvgIpc) is 2.74. The molecule has 0 spiro atoms. The highest BCUT2D eigenvalue weighted by Crippen LogP contribution is 2.35. The lowest BCUT2D eigenvalue weighted by molar-refractivity contribution is -0.137. The van der Waals surface area contributed by atoms with Gasteiger partial charge in [-0.05, 0) is 25.1 Å². The van der Waals surface area contributed by atoms with Gasteiger partial charge in [-0.1, -0.05) is 42.1 Å². The summed E-state index contributed by atoms with van der Waals surface area (Å²) in [7, 11) is 0. The third-order valence-electron chi connectivity index (χ3n) is 4.32. The number of halogens is 3. The number of nitrogens with one attached hydrogen (secondary N) is 3. The van der Waals surface area contributed by atoms with Crippen LogP contribution in [0.4, 0.5) is 24.5 Å². The summed E-state index contributed by atoms with van der Waals surface area (Å²) in [6.45, 7) is 2.78. The van der Waals surface area contributed by atoms with Gasteiger partial charge in [0.2, 0.25) is 11.8 Å². The zero-order valence-corrected chi connectivity index (χ0v) is 18.2. The van der Waals surface area contributed by atoms with Crippen molar-refractivity contribution in [2.24, 2.45) is 0 Å². The molecular formula is C21H18F3N5O3S. The predicted molar refractivity (Wildman–Crippen MR) is 118 cm³/mol. The summed E-state index contributed by atoms with van der Waals surface area (Å²) < 4.78 is 39.4. The first-order valence-corrected chi connectivity index (χ1v) is 10.4. The molecule has 2 aromatic carbocycles. The molecule has 0 aliphatic carbocycles. The number of rotatable bonds is 6. The summed E-state index contributed by atoms with van der Waals surface area (Å²) in [4.78, 5) is 38.9. The van der Waals surface area contributed by atoms with E-state index in [0.717, 1.165) is 23.9 Å². The smallest absolute Gasteiger partial charge is 0.326 e. The summed E-state index contributed by atoms with van der Waals surface area (Å²) in [6, 6.07) is 11.2. The van der Waals surface area contributed by atoms with Crippen molar-refractivity contribution in [1.29, 1.82) is 0 Å². The van der Waals surface area contributed by atoms with Crippen molar-refractivity contribution in [3.63, 3.8) is 0 Å². The van der Waals surface area contributed by atoms with Crippen molar-refractivity contribution >= 4 is 35.0 Å². The van der Waals surface area contributed by atoms with E-state index in [2.05, 4.69) is 25.8 Å². The van der Waals surface area contributed by atoms with Crippen LogP contribution in [0.15, 0.2) is 58.5 Å². The molecule has 12 heteroatoms. The first kappa shape index (κ1) is 24.0. The number of carbonyl (C=O) groups excluding carboxylic acids is 2. The maximum Gasteiger partial charge on any atom is 0.418 e. The molecule has 0 saturated heterocycles. The highest BCUT2D eigenvalue weighted by Gasteiger charge is 2.34. The molecule has 1 heterocycles. The lowest BCUT2D eigenvalue weighted by Gasteiger charge is -2.15. The average molecular weight is 477 g/mol. The quantitative estimate of drug-likeness (QED) is 0.463. The number of aromatic amines is 1. The molecule has 3 rings (SSSR count). The number of alkyl halides is 3. The molecule has 0 aliphatic heterocycles. The summed E-state index contributed by atoms with van der Waals surface area (Å²) >= 11 is 0.825. The van der Waals surface area contributed by atoms with Crippen molar-refractivity contribution < 1.29 is 22.8 Å². The molecule has 3 N–H and O–H groups in total. The maximum absolute atomic E-state index is 13.1. The minimum absolute atomic E-state index is 0.00696. The van der Waals surface area contributed by atoms with Gasteiger partial charge in [0.05, 0.1) is 22.2 Å². The number of amides is 2. The van der Waals surface area contributed by atoms with E-state index >= 15 is 0 Å². The van der Waals surface area contributed by atoms with Crippen molar-refractivity contribution in [2.45, 2.75) is 30.4 Å².